The molecular weight excluding hydrogens is 241 g/mol. The average molecular weight is 256 g/mol. The maximum Gasteiger partial charge on any atom is 0.411 e. The molecule has 5 nitrogen and oxygen atoms in total. The van der Waals surface area contributed by atoms with E-state index in [2.05, 4.69) is 15.4 Å². The van der Waals surface area contributed by atoms with Gasteiger partial charge in [0.1, 0.15) is 12.7 Å². The highest BCUT2D eigenvalue weighted by Gasteiger charge is 2.27. The Balaban J connectivity index is 2.04. The number of hydrogen-bond donors (Lipinski definition) is 2. The van der Waals surface area contributed by atoms with Gasteiger partial charge in [0.2, 0.25) is 0 Å². The molecule has 1 atom stereocenters. The van der Waals surface area contributed by atoms with Crippen LogP contribution in [0.5, 0.6) is 0 Å². The molecule has 0 aliphatic carbocycles. The van der Waals surface area contributed by atoms with E-state index in [1.807, 2.05) is 0 Å². The van der Waals surface area contributed by atoms with E-state index < -0.39 is 18.9 Å². The molecule has 100 valence electrons. The number of nitrogens with one attached hydrogen (secondary N) is 2. The molecule has 1 saturated heterocycles. The van der Waals surface area contributed by atoms with Crippen molar-refractivity contribution >= 4 is 5.91 Å². The summed E-state index contributed by atoms with van der Waals surface area (Å²) in [6, 6.07) is 0. The van der Waals surface area contributed by atoms with Gasteiger partial charge in [-0.15, -0.1) is 0 Å². The summed E-state index contributed by atoms with van der Waals surface area (Å²) in [7, 11) is 0. The number of hydrogen-bond acceptors (Lipinski definition) is 4. The van der Waals surface area contributed by atoms with E-state index in [0.29, 0.717) is 19.7 Å². The molecule has 8 heteroatoms. The molecule has 1 rings (SSSR count). The lowest BCUT2D eigenvalue weighted by Gasteiger charge is -2.22. The minimum atomic E-state index is -4.33. The molecule has 17 heavy (non-hydrogen) atoms. The molecule has 0 bridgehead atoms. The number of carbonyl (C=O) groups excluding carboxylic acids is 1. The Morgan fingerprint density at radius 1 is 1.53 bits per heavy atom. The molecule has 1 heterocycles. The SMILES string of the molecule is O=C(NCCOCC(F)(F)F)C1CNCCO1. The van der Waals surface area contributed by atoms with Crippen LogP contribution in [0.25, 0.3) is 0 Å². The third-order valence-electron chi connectivity index (χ3n) is 2.03. The summed E-state index contributed by atoms with van der Waals surface area (Å²) in [5.41, 5.74) is 0. The second-order valence-electron chi connectivity index (χ2n) is 3.52. The van der Waals surface area contributed by atoms with Crippen LogP contribution < -0.4 is 10.6 Å². The maximum atomic E-state index is 11.7. The zero-order valence-corrected chi connectivity index (χ0v) is 9.18. The van der Waals surface area contributed by atoms with Gasteiger partial charge in [0, 0.05) is 19.6 Å². The van der Waals surface area contributed by atoms with Crippen molar-refractivity contribution in [3.63, 3.8) is 0 Å². The van der Waals surface area contributed by atoms with Crippen LogP contribution in [-0.4, -0.2) is 57.6 Å². The summed E-state index contributed by atoms with van der Waals surface area (Å²) in [5.74, 6) is -0.340. The van der Waals surface area contributed by atoms with Crippen LogP contribution in [0.4, 0.5) is 13.2 Å². The average Bonchev–Trinajstić information content (AvgIpc) is 2.28. The van der Waals surface area contributed by atoms with Crippen molar-refractivity contribution in [1.82, 2.24) is 10.6 Å². The van der Waals surface area contributed by atoms with Crippen LogP contribution in [0.2, 0.25) is 0 Å². The van der Waals surface area contributed by atoms with Crippen molar-refractivity contribution in [3.05, 3.63) is 0 Å². The fourth-order valence-electron chi connectivity index (χ4n) is 1.28. The largest absolute Gasteiger partial charge is 0.411 e. The second-order valence-corrected chi connectivity index (χ2v) is 3.52. The summed E-state index contributed by atoms with van der Waals surface area (Å²) in [6.45, 7) is 0.112. The fourth-order valence-corrected chi connectivity index (χ4v) is 1.28. The minimum absolute atomic E-state index is 0.0365. The van der Waals surface area contributed by atoms with Gasteiger partial charge in [-0.3, -0.25) is 4.79 Å². The Morgan fingerprint density at radius 2 is 2.29 bits per heavy atom. The Bertz CT molecular complexity index is 242. The van der Waals surface area contributed by atoms with Gasteiger partial charge in [0.05, 0.1) is 13.2 Å². The molecule has 1 fully saturated rings. The summed E-state index contributed by atoms with van der Waals surface area (Å²) < 4.78 is 44.6. The van der Waals surface area contributed by atoms with Gasteiger partial charge >= 0.3 is 6.18 Å². The lowest BCUT2D eigenvalue weighted by atomic mass is 10.3. The Kier molecular flexibility index (Phi) is 5.66. The molecule has 1 aliphatic rings. The van der Waals surface area contributed by atoms with Crippen LogP contribution in [0.3, 0.4) is 0 Å². The highest BCUT2D eigenvalue weighted by Crippen LogP contribution is 2.13. The van der Waals surface area contributed by atoms with Gasteiger partial charge < -0.3 is 20.1 Å². The minimum Gasteiger partial charge on any atom is -0.370 e. The van der Waals surface area contributed by atoms with Crippen molar-refractivity contribution in [3.8, 4) is 0 Å². The van der Waals surface area contributed by atoms with Crippen LogP contribution >= 0.6 is 0 Å². The number of morpholine rings is 1. The Morgan fingerprint density at radius 3 is 2.88 bits per heavy atom. The van der Waals surface area contributed by atoms with Crippen molar-refractivity contribution < 1.29 is 27.4 Å². The molecule has 1 aliphatic heterocycles. The van der Waals surface area contributed by atoms with Crippen molar-refractivity contribution in [2.45, 2.75) is 12.3 Å². The first-order chi connectivity index (χ1) is 7.99. The molecule has 0 aromatic carbocycles. The number of amides is 1. The fraction of sp³-hybridized carbons (Fsp3) is 0.889. The van der Waals surface area contributed by atoms with Gasteiger partial charge in [-0.2, -0.15) is 13.2 Å². The van der Waals surface area contributed by atoms with E-state index in [0.717, 1.165) is 0 Å². The summed E-state index contributed by atoms with van der Waals surface area (Å²) in [4.78, 5) is 11.4. The van der Waals surface area contributed by atoms with Crippen molar-refractivity contribution in [2.24, 2.45) is 0 Å². The lowest BCUT2D eigenvalue weighted by Crippen LogP contribution is -2.48. The van der Waals surface area contributed by atoms with Crippen LogP contribution in [0.1, 0.15) is 0 Å². The molecule has 0 spiro atoms. The lowest BCUT2D eigenvalue weighted by molar-refractivity contribution is -0.173. The van der Waals surface area contributed by atoms with E-state index in [1.54, 1.807) is 0 Å². The third-order valence-corrected chi connectivity index (χ3v) is 2.03. The molecule has 0 radical (unpaired) electrons. The molecule has 0 saturated carbocycles. The van der Waals surface area contributed by atoms with Gasteiger partial charge in [0.25, 0.3) is 5.91 Å². The number of alkyl halides is 3. The summed E-state index contributed by atoms with van der Waals surface area (Å²) >= 11 is 0. The van der Waals surface area contributed by atoms with E-state index in [1.165, 1.54) is 0 Å². The topological polar surface area (TPSA) is 59.6 Å². The Labute approximate surface area is 96.6 Å². The van der Waals surface area contributed by atoms with Crippen LogP contribution in [0.15, 0.2) is 0 Å². The van der Waals surface area contributed by atoms with Crippen LogP contribution in [0, 0.1) is 0 Å². The van der Waals surface area contributed by atoms with Gasteiger partial charge in [-0.05, 0) is 0 Å². The second kappa shape index (κ2) is 6.77. The van der Waals surface area contributed by atoms with E-state index in [4.69, 9.17) is 4.74 Å². The van der Waals surface area contributed by atoms with Gasteiger partial charge in [-0.1, -0.05) is 0 Å². The molecular formula is C9H15F3N2O3. The molecule has 2 N–H and O–H groups in total. The van der Waals surface area contributed by atoms with E-state index in [9.17, 15) is 18.0 Å². The first kappa shape index (κ1) is 14.2. The zero-order valence-electron chi connectivity index (χ0n) is 9.18. The first-order valence-electron chi connectivity index (χ1n) is 5.23. The summed E-state index contributed by atoms with van der Waals surface area (Å²) in [6.07, 6.45) is -4.91. The molecule has 1 amide bonds. The van der Waals surface area contributed by atoms with Crippen LogP contribution in [-0.2, 0) is 14.3 Å². The third kappa shape index (κ3) is 6.44. The predicted molar refractivity (Wildman–Crippen MR) is 52.5 cm³/mol. The molecule has 0 aromatic rings. The van der Waals surface area contributed by atoms with Crippen molar-refractivity contribution in [2.75, 3.05) is 39.5 Å². The highest BCUT2D eigenvalue weighted by molar-refractivity contribution is 5.81. The molecule has 1 unspecified atom stereocenters. The Hall–Kier alpha value is -0.860. The van der Waals surface area contributed by atoms with Gasteiger partial charge in [-0.25, -0.2) is 0 Å². The number of halogens is 3. The van der Waals surface area contributed by atoms with Crippen molar-refractivity contribution in [1.29, 1.82) is 0 Å². The normalized spacial score (nSPS) is 21.2. The summed E-state index contributed by atoms with van der Waals surface area (Å²) in [5, 5.41) is 5.41. The number of carbonyl (C=O) groups is 1. The van der Waals surface area contributed by atoms with E-state index in [-0.39, 0.29) is 19.1 Å². The zero-order chi connectivity index (χ0) is 12.7. The smallest absolute Gasteiger partial charge is 0.370 e. The number of ether oxygens (including phenoxy) is 2. The first-order valence-corrected chi connectivity index (χ1v) is 5.23. The number of rotatable bonds is 5. The monoisotopic (exact) mass is 256 g/mol. The standard InChI is InChI=1S/C9H15F3N2O3/c10-9(11,12)6-16-3-2-14-8(15)7-5-13-1-4-17-7/h7,13H,1-6H2,(H,14,15). The molecule has 0 aromatic heterocycles. The highest BCUT2D eigenvalue weighted by atomic mass is 19.4. The van der Waals surface area contributed by atoms with E-state index >= 15 is 0 Å². The quantitative estimate of drug-likeness (QED) is 0.661. The van der Waals surface area contributed by atoms with Gasteiger partial charge in [0.15, 0.2) is 0 Å². The maximum absolute atomic E-state index is 11.7. The predicted octanol–water partition coefficient (Wildman–Crippen LogP) is -0.330.